The van der Waals surface area contributed by atoms with Crippen molar-refractivity contribution in [3.05, 3.63) is 23.9 Å². The highest BCUT2D eigenvalue weighted by atomic mass is 16.5. The van der Waals surface area contributed by atoms with Gasteiger partial charge in [-0.15, -0.1) is 0 Å². The molecule has 1 aromatic rings. The summed E-state index contributed by atoms with van der Waals surface area (Å²) in [6.07, 6.45) is 0.974. The first-order valence-corrected chi connectivity index (χ1v) is 6.73. The van der Waals surface area contributed by atoms with Gasteiger partial charge in [0.1, 0.15) is 11.5 Å². The second-order valence-corrected chi connectivity index (χ2v) is 4.79. The number of hydrogen-bond acceptors (Lipinski definition) is 4. The number of amides is 1. The Kier molecular flexibility index (Phi) is 4.37. The first-order chi connectivity index (χ1) is 9.13. The third-order valence-electron chi connectivity index (χ3n) is 3.48. The number of carbonyl (C=O) groups is 1. The predicted molar refractivity (Wildman–Crippen MR) is 74.3 cm³/mol. The van der Waals surface area contributed by atoms with Gasteiger partial charge in [0, 0.05) is 20.2 Å². The molecule has 5 heteroatoms. The average molecular weight is 263 g/mol. The lowest BCUT2D eigenvalue weighted by atomic mass is 10.1. The van der Waals surface area contributed by atoms with E-state index in [4.69, 9.17) is 4.74 Å². The second-order valence-electron chi connectivity index (χ2n) is 4.79. The van der Waals surface area contributed by atoms with Crippen LogP contribution in [0, 0.1) is 0 Å². The Morgan fingerprint density at radius 3 is 3.00 bits per heavy atom. The van der Waals surface area contributed by atoms with Gasteiger partial charge in [0.05, 0.1) is 12.1 Å². The van der Waals surface area contributed by atoms with Crippen LogP contribution in [0.4, 0.5) is 5.82 Å². The van der Waals surface area contributed by atoms with Gasteiger partial charge in [0.2, 0.25) is 0 Å². The SMILES string of the molecule is CCNc1cccc(C(=O)N(C)C2CCOC2C)n1. The second kappa shape index (κ2) is 6.02. The van der Waals surface area contributed by atoms with Gasteiger partial charge >= 0.3 is 0 Å². The topological polar surface area (TPSA) is 54.5 Å². The lowest BCUT2D eigenvalue weighted by molar-refractivity contribution is 0.0570. The number of anilines is 1. The van der Waals surface area contributed by atoms with Gasteiger partial charge in [-0.2, -0.15) is 0 Å². The highest BCUT2D eigenvalue weighted by Gasteiger charge is 2.31. The van der Waals surface area contributed by atoms with Crippen molar-refractivity contribution in [1.29, 1.82) is 0 Å². The molecule has 0 saturated carbocycles. The first kappa shape index (κ1) is 13.8. The number of ether oxygens (including phenoxy) is 1. The van der Waals surface area contributed by atoms with E-state index in [-0.39, 0.29) is 18.1 Å². The Morgan fingerprint density at radius 1 is 1.58 bits per heavy atom. The van der Waals surface area contributed by atoms with Crippen molar-refractivity contribution in [3.63, 3.8) is 0 Å². The zero-order chi connectivity index (χ0) is 13.8. The minimum atomic E-state index is -0.0536. The van der Waals surface area contributed by atoms with E-state index in [0.29, 0.717) is 12.3 Å². The normalized spacial score (nSPS) is 22.3. The molecule has 2 heterocycles. The summed E-state index contributed by atoms with van der Waals surface area (Å²) >= 11 is 0. The third-order valence-corrected chi connectivity index (χ3v) is 3.48. The lowest BCUT2D eigenvalue weighted by Crippen LogP contribution is -2.41. The Bertz CT molecular complexity index is 450. The fraction of sp³-hybridized carbons (Fsp3) is 0.571. The van der Waals surface area contributed by atoms with E-state index in [1.54, 1.807) is 11.0 Å². The average Bonchev–Trinajstić information content (AvgIpc) is 2.84. The summed E-state index contributed by atoms with van der Waals surface area (Å²) in [6, 6.07) is 5.60. The Hall–Kier alpha value is -1.62. The number of pyridine rings is 1. The molecule has 2 unspecified atom stereocenters. The van der Waals surface area contributed by atoms with Gasteiger partial charge in [-0.3, -0.25) is 4.79 Å². The van der Waals surface area contributed by atoms with Gasteiger partial charge in [-0.1, -0.05) is 6.07 Å². The molecule has 1 amide bonds. The van der Waals surface area contributed by atoms with Crippen molar-refractivity contribution in [2.75, 3.05) is 25.5 Å². The molecular formula is C14H21N3O2. The van der Waals surface area contributed by atoms with Crippen molar-refractivity contribution >= 4 is 11.7 Å². The minimum absolute atomic E-state index is 0.0536. The summed E-state index contributed by atoms with van der Waals surface area (Å²) in [4.78, 5) is 18.5. The summed E-state index contributed by atoms with van der Waals surface area (Å²) in [6.45, 7) is 5.51. The molecule has 19 heavy (non-hydrogen) atoms. The number of hydrogen-bond donors (Lipinski definition) is 1. The molecule has 1 N–H and O–H groups in total. The summed E-state index contributed by atoms with van der Waals surface area (Å²) in [5.74, 6) is 0.680. The van der Waals surface area contributed by atoms with Crippen LogP contribution in [0.25, 0.3) is 0 Å². The van der Waals surface area contributed by atoms with Crippen LogP contribution in [0.2, 0.25) is 0 Å². The molecule has 1 fully saturated rings. The standard InChI is InChI=1S/C14H21N3O2/c1-4-15-13-7-5-6-11(16-13)14(18)17(3)12-8-9-19-10(12)2/h5-7,10,12H,4,8-9H2,1-3H3,(H,15,16). The Labute approximate surface area is 114 Å². The number of rotatable bonds is 4. The molecule has 0 aromatic carbocycles. The summed E-state index contributed by atoms with van der Waals surface area (Å²) in [7, 11) is 1.82. The molecule has 5 nitrogen and oxygen atoms in total. The maximum absolute atomic E-state index is 12.4. The minimum Gasteiger partial charge on any atom is -0.376 e. The molecule has 1 saturated heterocycles. The van der Waals surface area contributed by atoms with Crippen molar-refractivity contribution in [3.8, 4) is 0 Å². The molecule has 0 radical (unpaired) electrons. The van der Waals surface area contributed by atoms with E-state index in [1.165, 1.54) is 0 Å². The zero-order valence-electron chi connectivity index (χ0n) is 11.7. The summed E-state index contributed by atoms with van der Waals surface area (Å²) in [5, 5.41) is 3.11. The molecule has 1 aliphatic heterocycles. The largest absolute Gasteiger partial charge is 0.376 e. The van der Waals surface area contributed by atoms with Crippen LogP contribution in [0.5, 0.6) is 0 Å². The van der Waals surface area contributed by atoms with E-state index in [2.05, 4.69) is 10.3 Å². The van der Waals surface area contributed by atoms with E-state index in [1.807, 2.05) is 33.0 Å². The van der Waals surface area contributed by atoms with Crippen LogP contribution in [0.3, 0.4) is 0 Å². The number of carbonyl (C=O) groups excluding carboxylic acids is 1. The first-order valence-electron chi connectivity index (χ1n) is 6.73. The third kappa shape index (κ3) is 3.04. The monoisotopic (exact) mass is 263 g/mol. The predicted octanol–water partition coefficient (Wildman–Crippen LogP) is 1.76. The van der Waals surface area contributed by atoms with Crippen LogP contribution in [0.1, 0.15) is 30.8 Å². The van der Waals surface area contributed by atoms with Crippen LogP contribution >= 0.6 is 0 Å². The van der Waals surface area contributed by atoms with Crippen molar-refractivity contribution in [1.82, 2.24) is 9.88 Å². The van der Waals surface area contributed by atoms with E-state index in [9.17, 15) is 4.79 Å². The fourth-order valence-electron chi connectivity index (χ4n) is 2.39. The highest BCUT2D eigenvalue weighted by molar-refractivity contribution is 5.92. The number of aromatic nitrogens is 1. The van der Waals surface area contributed by atoms with Crippen molar-refractivity contribution < 1.29 is 9.53 Å². The van der Waals surface area contributed by atoms with Crippen LogP contribution in [-0.4, -0.2) is 48.1 Å². The van der Waals surface area contributed by atoms with Gasteiger partial charge in [-0.25, -0.2) is 4.98 Å². The maximum Gasteiger partial charge on any atom is 0.272 e. The molecule has 2 rings (SSSR count). The number of nitrogens with one attached hydrogen (secondary N) is 1. The van der Waals surface area contributed by atoms with Crippen LogP contribution in [0.15, 0.2) is 18.2 Å². The molecule has 0 bridgehead atoms. The molecule has 0 spiro atoms. The molecule has 104 valence electrons. The molecule has 2 atom stereocenters. The van der Waals surface area contributed by atoms with E-state index in [0.717, 1.165) is 18.8 Å². The zero-order valence-corrected chi connectivity index (χ0v) is 11.7. The molecular weight excluding hydrogens is 242 g/mol. The molecule has 1 aliphatic rings. The Balaban J connectivity index is 2.12. The number of nitrogens with zero attached hydrogens (tertiary/aromatic N) is 2. The van der Waals surface area contributed by atoms with Crippen LogP contribution < -0.4 is 5.32 Å². The molecule has 0 aliphatic carbocycles. The smallest absolute Gasteiger partial charge is 0.272 e. The van der Waals surface area contributed by atoms with Crippen molar-refractivity contribution in [2.45, 2.75) is 32.4 Å². The summed E-state index contributed by atoms with van der Waals surface area (Å²) in [5.41, 5.74) is 0.472. The van der Waals surface area contributed by atoms with Gasteiger partial charge in [0.25, 0.3) is 5.91 Å². The van der Waals surface area contributed by atoms with Gasteiger partial charge in [0.15, 0.2) is 0 Å². The Morgan fingerprint density at radius 2 is 2.37 bits per heavy atom. The summed E-state index contributed by atoms with van der Waals surface area (Å²) < 4.78 is 5.51. The molecule has 1 aromatic heterocycles. The van der Waals surface area contributed by atoms with Gasteiger partial charge < -0.3 is 15.0 Å². The highest BCUT2D eigenvalue weighted by Crippen LogP contribution is 2.20. The van der Waals surface area contributed by atoms with E-state index >= 15 is 0 Å². The maximum atomic E-state index is 12.4. The number of likely N-dealkylation sites (N-methyl/N-ethyl adjacent to an activating group) is 1. The van der Waals surface area contributed by atoms with Crippen molar-refractivity contribution in [2.24, 2.45) is 0 Å². The fourth-order valence-corrected chi connectivity index (χ4v) is 2.39. The quantitative estimate of drug-likeness (QED) is 0.899. The van der Waals surface area contributed by atoms with Gasteiger partial charge in [-0.05, 0) is 32.4 Å². The van der Waals surface area contributed by atoms with E-state index < -0.39 is 0 Å². The van der Waals surface area contributed by atoms with Crippen LogP contribution in [-0.2, 0) is 4.74 Å². The lowest BCUT2D eigenvalue weighted by Gasteiger charge is -2.26.